The average Bonchev–Trinajstić information content (AvgIpc) is 2.97. The molecule has 0 radical (unpaired) electrons. The quantitative estimate of drug-likeness (QED) is 0.784. The van der Waals surface area contributed by atoms with Gasteiger partial charge < -0.3 is 4.84 Å². The number of benzene rings is 1. The van der Waals surface area contributed by atoms with Gasteiger partial charge in [0.15, 0.2) is 0 Å². The number of aromatic nitrogens is 2. The lowest BCUT2D eigenvalue weighted by atomic mass is 10.1. The Morgan fingerprint density at radius 1 is 1.04 bits per heavy atom. The molecule has 7 heteroatoms. The molecule has 1 aliphatic heterocycles. The zero-order chi connectivity index (χ0) is 18.5. The number of hydrogen-bond acceptors (Lipinski definition) is 5. The summed E-state index contributed by atoms with van der Waals surface area (Å²) in [4.78, 5) is 42.4. The van der Waals surface area contributed by atoms with Crippen LogP contribution < -0.4 is 0 Å². The van der Waals surface area contributed by atoms with Crippen LogP contribution in [0.25, 0.3) is 0 Å². The number of imide groups is 1. The summed E-state index contributed by atoms with van der Waals surface area (Å²) < 4.78 is 1.72. The fourth-order valence-electron chi connectivity index (χ4n) is 2.97. The number of fused-ring (bicyclic) bond motifs is 1. The topological polar surface area (TPSA) is 81.5 Å². The molecule has 25 heavy (non-hydrogen) atoms. The Kier molecular flexibility index (Phi) is 3.74. The Morgan fingerprint density at radius 3 is 2.00 bits per heavy atom. The SMILES string of the molecule is Cc1nn(C(C)(C)C)c(C)c1C(=O)ON1C(=O)c2ccccc2C1=O. The van der Waals surface area contributed by atoms with Gasteiger partial charge in [-0.3, -0.25) is 14.3 Å². The van der Waals surface area contributed by atoms with Crippen LogP contribution in [0.3, 0.4) is 0 Å². The van der Waals surface area contributed by atoms with Crippen molar-refractivity contribution in [3.05, 3.63) is 52.3 Å². The lowest BCUT2D eigenvalue weighted by molar-refractivity contribution is -0.0585. The second-order valence-electron chi connectivity index (χ2n) is 6.96. The molecule has 2 aromatic rings. The molecule has 0 saturated carbocycles. The fraction of sp³-hybridized carbons (Fsp3) is 0.333. The van der Waals surface area contributed by atoms with Gasteiger partial charge in [-0.15, -0.1) is 0 Å². The fourth-order valence-corrected chi connectivity index (χ4v) is 2.97. The van der Waals surface area contributed by atoms with Crippen molar-refractivity contribution in [2.75, 3.05) is 0 Å². The summed E-state index contributed by atoms with van der Waals surface area (Å²) in [5, 5.41) is 4.90. The highest BCUT2D eigenvalue weighted by Crippen LogP contribution is 2.26. The zero-order valence-corrected chi connectivity index (χ0v) is 14.8. The van der Waals surface area contributed by atoms with Crippen LogP contribution in [0.1, 0.15) is 63.2 Å². The molecule has 0 N–H and O–H groups in total. The lowest BCUT2D eigenvalue weighted by Gasteiger charge is -2.21. The van der Waals surface area contributed by atoms with Crippen molar-refractivity contribution >= 4 is 17.8 Å². The second-order valence-corrected chi connectivity index (χ2v) is 6.96. The molecule has 3 rings (SSSR count). The molecule has 2 amide bonds. The summed E-state index contributed by atoms with van der Waals surface area (Å²) in [6.45, 7) is 9.33. The Balaban J connectivity index is 1.91. The Hall–Kier alpha value is -2.96. The third-order valence-electron chi connectivity index (χ3n) is 4.06. The van der Waals surface area contributed by atoms with Gasteiger partial charge in [0, 0.05) is 0 Å². The predicted molar refractivity (Wildman–Crippen MR) is 89.1 cm³/mol. The van der Waals surface area contributed by atoms with E-state index >= 15 is 0 Å². The Morgan fingerprint density at radius 2 is 1.56 bits per heavy atom. The van der Waals surface area contributed by atoms with Crippen LogP contribution in [0.15, 0.2) is 24.3 Å². The summed E-state index contributed by atoms with van der Waals surface area (Å²) in [7, 11) is 0. The van der Waals surface area contributed by atoms with Gasteiger partial charge in [0.05, 0.1) is 28.1 Å². The van der Waals surface area contributed by atoms with Crippen molar-refractivity contribution in [1.82, 2.24) is 14.8 Å². The Labute approximate surface area is 145 Å². The van der Waals surface area contributed by atoms with Crippen LogP contribution in [0.5, 0.6) is 0 Å². The Bertz CT molecular complexity index is 871. The van der Waals surface area contributed by atoms with E-state index in [0.29, 0.717) is 16.5 Å². The molecule has 0 atom stereocenters. The first-order chi connectivity index (χ1) is 11.6. The summed E-state index contributed by atoms with van der Waals surface area (Å²) in [6.07, 6.45) is 0. The van der Waals surface area contributed by atoms with E-state index < -0.39 is 17.8 Å². The minimum atomic E-state index is -0.778. The molecule has 1 aromatic heterocycles. The molecular weight excluding hydrogens is 322 g/mol. The van der Waals surface area contributed by atoms with E-state index in [1.807, 2.05) is 20.8 Å². The molecule has 1 aromatic carbocycles. The van der Waals surface area contributed by atoms with Crippen LogP contribution in [-0.2, 0) is 10.4 Å². The number of hydrogen-bond donors (Lipinski definition) is 0. The molecule has 0 bridgehead atoms. The summed E-state index contributed by atoms with van der Waals surface area (Å²) in [5.74, 6) is -2.07. The molecule has 7 nitrogen and oxygen atoms in total. The molecule has 0 spiro atoms. The van der Waals surface area contributed by atoms with E-state index in [0.717, 1.165) is 0 Å². The molecule has 0 fully saturated rings. The number of carbonyl (C=O) groups excluding carboxylic acids is 3. The van der Waals surface area contributed by atoms with Gasteiger partial charge in [-0.05, 0) is 46.8 Å². The molecule has 2 heterocycles. The van der Waals surface area contributed by atoms with Crippen molar-refractivity contribution < 1.29 is 19.2 Å². The average molecular weight is 341 g/mol. The van der Waals surface area contributed by atoms with E-state index in [1.165, 1.54) is 12.1 Å². The standard InChI is InChI=1S/C18H19N3O4/c1-10-14(11(2)21(19-10)18(3,4)5)17(24)25-20-15(22)12-8-6-7-9-13(12)16(20)23/h6-9H,1-5H3. The van der Waals surface area contributed by atoms with Gasteiger partial charge >= 0.3 is 5.97 Å². The normalized spacial score (nSPS) is 14.0. The molecule has 0 unspecified atom stereocenters. The number of hydroxylamine groups is 2. The third kappa shape index (κ3) is 2.61. The van der Waals surface area contributed by atoms with Gasteiger partial charge in [-0.2, -0.15) is 5.10 Å². The lowest BCUT2D eigenvalue weighted by Crippen LogP contribution is -2.33. The summed E-state index contributed by atoms with van der Waals surface area (Å²) in [5.41, 5.74) is 1.48. The van der Waals surface area contributed by atoms with E-state index in [2.05, 4.69) is 5.10 Å². The molecule has 0 aliphatic carbocycles. The van der Waals surface area contributed by atoms with Crippen LogP contribution in [0, 0.1) is 13.8 Å². The molecule has 1 aliphatic rings. The third-order valence-corrected chi connectivity index (χ3v) is 4.06. The number of carbonyl (C=O) groups is 3. The van der Waals surface area contributed by atoms with E-state index in [1.54, 1.807) is 30.7 Å². The van der Waals surface area contributed by atoms with Crippen molar-refractivity contribution in [1.29, 1.82) is 0 Å². The van der Waals surface area contributed by atoms with Crippen molar-refractivity contribution in [3.63, 3.8) is 0 Å². The van der Waals surface area contributed by atoms with E-state index in [9.17, 15) is 14.4 Å². The summed E-state index contributed by atoms with van der Waals surface area (Å²) >= 11 is 0. The van der Waals surface area contributed by atoms with Crippen LogP contribution in [-0.4, -0.2) is 32.6 Å². The molecule has 130 valence electrons. The first-order valence-corrected chi connectivity index (χ1v) is 7.89. The maximum absolute atomic E-state index is 12.6. The zero-order valence-electron chi connectivity index (χ0n) is 14.8. The van der Waals surface area contributed by atoms with E-state index in [4.69, 9.17) is 4.84 Å². The smallest absolute Gasteiger partial charge is 0.324 e. The van der Waals surface area contributed by atoms with Crippen molar-refractivity contribution in [2.45, 2.75) is 40.2 Å². The minimum absolute atomic E-state index is 0.221. The molecular formula is C18H19N3O4. The van der Waals surface area contributed by atoms with Gasteiger partial charge in [0.25, 0.3) is 11.8 Å². The highest BCUT2D eigenvalue weighted by atomic mass is 16.7. The van der Waals surface area contributed by atoms with Crippen LogP contribution >= 0.6 is 0 Å². The highest BCUT2D eigenvalue weighted by Gasteiger charge is 2.39. The minimum Gasteiger partial charge on any atom is -0.324 e. The van der Waals surface area contributed by atoms with Gasteiger partial charge in [0.2, 0.25) is 0 Å². The summed E-state index contributed by atoms with van der Waals surface area (Å²) in [6, 6.07) is 6.35. The van der Waals surface area contributed by atoms with Gasteiger partial charge in [0.1, 0.15) is 5.56 Å². The van der Waals surface area contributed by atoms with Crippen molar-refractivity contribution in [2.24, 2.45) is 0 Å². The first-order valence-electron chi connectivity index (χ1n) is 7.89. The maximum Gasteiger partial charge on any atom is 0.367 e. The predicted octanol–water partition coefficient (Wildman–Crippen LogP) is 2.62. The number of rotatable bonds is 2. The number of nitrogens with zero attached hydrogens (tertiary/aromatic N) is 3. The first kappa shape index (κ1) is 16.9. The van der Waals surface area contributed by atoms with Gasteiger partial charge in [-0.1, -0.05) is 17.2 Å². The molecule has 0 saturated heterocycles. The monoisotopic (exact) mass is 341 g/mol. The highest BCUT2D eigenvalue weighted by molar-refractivity contribution is 6.21. The second kappa shape index (κ2) is 5.54. The largest absolute Gasteiger partial charge is 0.367 e. The van der Waals surface area contributed by atoms with Crippen molar-refractivity contribution in [3.8, 4) is 0 Å². The van der Waals surface area contributed by atoms with E-state index in [-0.39, 0.29) is 22.2 Å². The van der Waals surface area contributed by atoms with Gasteiger partial charge in [-0.25, -0.2) is 4.79 Å². The maximum atomic E-state index is 12.6. The van der Waals surface area contributed by atoms with Crippen LogP contribution in [0.2, 0.25) is 0 Å². The number of amides is 2. The number of aryl methyl sites for hydroxylation is 1. The van der Waals surface area contributed by atoms with Crippen LogP contribution in [0.4, 0.5) is 0 Å².